The Bertz CT molecular complexity index is 901. The molecule has 0 spiro atoms. The number of aryl methyl sites for hydroxylation is 2. The third kappa shape index (κ3) is 3.27. The van der Waals surface area contributed by atoms with Crippen LogP contribution in [-0.2, 0) is 10.0 Å². The van der Waals surface area contributed by atoms with Crippen molar-refractivity contribution in [3.63, 3.8) is 0 Å². The van der Waals surface area contributed by atoms with Crippen LogP contribution in [0.3, 0.4) is 0 Å². The average Bonchev–Trinajstić information content (AvgIpc) is 2.53. The summed E-state index contributed by atoms with van der Waals surface area (Å²) < 4.78 is 24.6. The van der Waals surface area contributed by atoms with Crippen molar-refractivity contribution in [2.45, 2.75) is 13.8 Å². The number of nitrogens with zero attached hydrogens (tertiary/aromatic N) is 3. The summed E-state index contributed by atoms with van der Waals surface area (Å²) in [5, 5.41) is 0.943. The van der Waals surface area contributed by atoms with Crippen molar-refractivity contribution < 1.29 is 13.2 Å². The summed E-state index contributed by atoms with van der Waals surface area (Å²) in [5.41, 5.74) is 3.27. The molecule has 7 heteroatoms. The fraction of sp³-hybridized carbons (Fsp3) is 0.412. The van der Waals surface area contributed by atoms with Gasteiger partial charge in [0, 0.05) is 31.6 Å². The molecule has 0 bridgehead atoms. The van der Waals surface area contributed by atoms with E-state index in [4.69, 9.17) is 0 Å². The molecule has 0 radical (unpaired) electrons. The first-order valence-electron chi connectivity index (χ1n) is 7.88. The number of piperazine rings is 1. The normalized spacial score (nSPS) is 16.5. The number of benzene rings is 1. The monoisotopic (exact) mass is 347 g/mol. The van der Waals surface area contributed by atoms with Gasteiger partial charge >= 0.3 is 0 Å². The van der Waals surface area contributed by atoms with E-state index in [1.54, 1.807) is 4.90 Å². The van der Waals surface area contributed by atoms with Crippen LogP contribution in [0.25, 0.3) is 10.9 Å². The molecule has 1 aromatic carbocycles. The van der Waals surface area contributed by atoms with E-state index >= 15 is 0 Å². The number of carbonyl (C=O) groups excluding carboxylic acids is 1. The Morgan fingerprint density at radius 2 is 1.75 bits per heavy atom. The Kier molecular flexibility index (Phi) is 4.31. The predicted octanol–water partition coefficient (Wildman–Crippen LogP) is 1.57. The largest absolute Gasteiger partial charge is 0.336 e. The van der Waals surface area contributed by atoms with Gasteiger partial charge in [0.05, 0.1) is 23.0 Å². The molecule has 2 aromatic rings. The van der Waals surface area contributed by atoms with Gasteiger partial charge in [0.15, 0.2) is 0 Å². The van der Waals surface area contributed by atoms with E-state index in [0.717, 1.165) is 16.5 Å². The van der Waals surface area contributed by atoms with Crippen molar-refractivity contribution in [2.75, 3.05) is 32.4 Å². The van der Waals surface area contributed by atoms with Gasteiger partial charge in [-0.1, -0.05) is 11.6 Å². The van der Waals surface area contributed by atoms with Crippen LogP contribution in [0.1, 0.15) is 21.6 Å². The summed E-state index contributed by atoms with van der Waals surface area (Å²) in [4.78, 5) is 19.1. The summed E-state index contributed by atoms with van der Waals surface area (Å²) in [7, 11) is -3.20. The molecule has 0 saturated carbocycles. The van der Waals surface area contributed by atoms with Gasteiger partial charge in [-0.3, -0.25) is 9.78 Å². The lowest BCUT2D eigenvalue weighted by Gasteiger charge is -2.33. The molecule has 2 heterocycles. The maximum absolute atomic E-state index is 12.8. The molecule has 1 aliphatic heterocycles. The van der Waals surface area contributed by atoms with E-state index in [9.17, 15) is 13.2 Å². The van der Waals surface area contributed by atoms with Gasteiger partial charge in [0.25, 0.3) is 5.91 Å². The number of pyridine rings is 1. The third-order valence-corrected chi connectivity index (χ3v) is 5.69. The summed E-state index contributed by atoms with van der Waals surface area (Å²) in [6.07, 6.45) is 1.20. The standard InChI is InChI=1S/C17H21N3O3S/c1-12-4-5-16-14(10-12)11-15(13(2)18-16)17(21)19-6-8-20(9-7-19)24(3,22)23/h4-5,10-11H,6-9H2,1-3H3. The molecule has 24 heavy (non-hydrogen) atoms. The molecule has 3 rings (SSSR count). The fourth-order valence-electron chi connectivity index (χ4n) is 3.00. The van der Waals surface area contributed by atoms with Crippen molar-refractivity contribution in [1.82, 2.24) is 14.2 Å². The lowest BCUT2D eigenvalue weighted by Crippen LogP contribution is -2.50. The molecule has 1 saturated heterocycles. The second kappa shape index (κ2) is 6.14. The van der Waals surface area contributed by atoms with Crippen LogP contribution in [-0.4, -0.2) is 60.9 Å². The first kappa shape index (κ1) is 16.9. The van der Waals surface area contributed by atoms with Gasteiger partial charge in [-0.05, 0) is 32.0 Å². The van der Waals surface area contributed by atoms with Crippen LogP contribution in [0.4, 0.5) is 0 Å². The summed E-state index contributed by atoms with van der Waals surface area (Å²) in [5.74, 6) is -0.0865. The highest BCUT2D eigenvalue weighted by Crippen LogP contribution is 2.20. The molecule has 1 aliphatic rings. The number of fused-ring (bicyclic) bond motifs is 1. The summed E-state index contributed by atoms with van der Waals surface area (Å²) >= 11 is 0. The van der Waals surface area contributed by atoms with Crippen molar-refractivity contribution in [3.8, 4) is 0 Å². The molecule has 6 nitrogen and oxygen atoms in total. The van der Waals surface area contributed by atoms with E-state index in [1.807, 2.05) is 38.1 Å². The Labute approximate surface area is 142 Å². The van der Waals surface area contributed by atoms with Crippen molar-refractivity contribution in [3.05, 3.63) is 41.1 Å². The van der Waals surface area contributed by atoms with Crippen LogP contribution in [0.5, 0.6) is 0 Å². The second-order valence-corrected chi connectivity index (χ2v) is 8.25. The Morgan fingerprint density at radius 3 is 2.38 bits per heavy atom. The Morgan fingerprint density at radius 1 is 1.08 bits per heavy atom. The highest BCUT2D eigenvalue weighted by molar-refractivity contribution is 7.88. The SMILES string of the molecule is Cc1ccc2nc(C)c(C(=O)N3CCN(S(C)(=O)=O)CC3)cc2c1. The maximum Gasteiger partial charge on any atom is 0.255 e. The smallest absolute Gasteiger partial charge is 0.255 e. The minimum absolute atomic E-state index is 0.0865. The van der Waals surface area contributed by atoms with Crippen LogP contribution in [0.15, 0.2) is 24.3 Å². The van der Waals surface area contributed by atoms with Gasteiger partial charge in [0.1, 0.15) is 0 Å². The molecular weight excluding hydrogens is 326 g/mol. The van der Waals surface area contributed by atoms with Crippen LogP contribution in [0.2, 0.25) is 0 Å². The molecule has 0 unspecified atom stereocenters. The molecule has 128 valence electrons. The Balaban J connectivity index is 1.85. The molecular formula is C17H21N3O3S. The molecule has 0 atom stereocenters. The number of aromatic nitrogens is 1. The van der Waals surface area contributed by atoms with Gasteiger partial charge < -0.3 is 4.90 Å². The van der Waals surface area contributed by atoms with Gasteiger partial charge in [-0.25, -0.2) is 8.42 Å². The van der Waals surface area contributed by atoms with Crippen LogP contribution >= 0.6 is 0 Å². The highest BCUT2D eigenvalue weighted by Gasteiger charge is 2.27. The number of carbonyl (C=O) groups is 1. The van der Waals surface area contributed by atoms with Crippen molar-refractivity contribution in [1.29, 1.82) is 0 Å². The number of hydrogen-bond donors (Lipinski definition) is 0. The van der Waals surface area contributed by atoms with E-state index in [1.165, 1.54) is 10.6 Å². The number of hydrogen-bond acceptors (Lipinski definition) is 4. The molecule has 0 N–H and O–H groups in total. The van der Waals surface area contributed by atoms with E-state index < -0.39 is 10.0 Å². The quantitative estimate of drug-likeness (QED) is 0.827. The lowest BCUT2D eigenvalue weighted by molar-refractivity contribution is 0.0697. The first-order valence-corrected chi connectivity index (χ1v) is 9.73. The molecule has 1 amide bonds. The minimum Gasteiger partial charge on any atom is -0.336 e. The zero-order valence-electron chi connectivity index (χ0n) is 14.1. The van der Waals surface area contributed by atoms with Crippen molar-refractivity contribution >= 4 is 26.8 Å². The highest BCUT2D eigenvalue weighted by atomic mass is 32.2. The summed E-state index contributed by atoms with van der Waals surface area (Å²) in [6, 6.07) is 7.85. The zero-order valence-corrected chi connectivity index (χ0v) is 14.9. The summed E-state index contributed by atoms with van der Waals surface area (Å²) in [6.45, 7) is 5.31. The Hall–Kier alpha value is -1.99. The molecule has 1 aromatic heterocycles. The van der Waals surface area contributed by atoms with Crippen molar-refractivity contribution in [2.24, 2.45) is 0 Å². The van der Waals surface area contributed by atoms with Gasteiger partial charge in [-0.15, -0.1) is 0 Å². The zero-order chi connectivity index (χ0) is 17.5. The van der Waals surface area contributed by atoms with E-state index in [0.29, 0.717) is 37.4 Å². The van der Waals surface area contributed by atoms with Gasteiger partial charge in [-0.2, -0.15) is 4.31 Å². The predicted molar refractivity (Wildman–Crippen MR) is 93.5 cm³/mol. The first-order chi connectivity index (χ1) is 11.3. The topological polar surface area (TPSA) is 70.6 Å². The van der Waals surface area contributed by atoms with E-state index in [2.05, 4.69) is 4.98 Å². The second-order valence-electron chi connectivity index (χ2n) is 6.27. The number of rotatable bonds is 2. The van der Waals surface area contributed by atoms with Crippen LogP contribution < -0.4 is 0 Å². The third-order valence-electron chi connectivity index (χ3n) is 4.39. The number of sulfonamides is 1. The average molecular weight is 347 g/mol. The molecule has 0 aliphatic carbocycles. The van der Waals surface area contributed by atoms with Gasteiger partial charge in [0.2, 0.25) is 10.0 Å². The fourth-order valence-corrected chi connectivity index (χ4v) is 3.83. The van der Waals surface area contributed by atoms with Crippen LogP contribution in [0, 0.1) is 13.8 Å². The van der Waals surface area contributed by atoms with E-state index in [-0.39, 0.29) is 5.91 Å². The minimum atomic E-state index is -3.20. The lowest BCUT2D eigenvalue weighted by atomic mass is 10.1. The molecule has 1 fully saturated rings. The number of amides is 1. The maximum atomic E-state index is 12.8.